The number of hydrogen-bond donors (Lipinski definition) is 1. The Kier molecular flexibility index (Phi) is 2.69. The minimum atomic E-state index is 0.406. The second-order valence-electron chi connectivity index (χ2n) is 3.71. The van der Waals surface area contributed by atoms with Gasteiger partial charge in [0.15, 0.2) is 0 Å². The van der Waals surface area contributed by atoms with Crippen LogP contribution in [-0.4, -0.2) is 47.5 Å². The molecule has 0 spiro atoms. The number of rotatable bonds is 2. The van der Waals surface area contributed by atoms with E-state index in [1.807, 2.05) is 10.9 Å². The fraction of sp³-hybridized carbons (Fsp3) is 0.667. The third kappa shape index (κ3) is 2.05. The number of nitrogens with two attached hydrogens (primary N) is 1. The summed E-state index contributed by atoms with van der Waals surface area (Å²) >= 11 is 0. The molecule has 14 heavy (non-hydrogen) atoms. The molecule has 2 rings (SSSR count). The van der Waals surface area contributed by atoms with Crippen LogP contribution in [0.25, 0.3) is 0 Å². The second kappa shape index (κ2) is 3.98. The Balaban J connectivity index is 1.95. The molecular weight excluding hydrogens is 180 g/mol. The number of anilines is 1. The van der Waals surface area contributed by atoms with E-state index in [-0.39, 0.29) is 0 Å². The molecule has 1 aliphatic rings. The fourth-order valence-electron chi connectivity index (χ4n) is 1.63. The molecule has 1 fully saturated rings. The van der Waals surface area contributed by atoms with Gasteiger partial charge < -0.3 is 10.5 Å². The summed E-state index contributed by atoms with van der Waals surface area (Å²) in [5.41, 5.74) is 6.30. The number of hydrogen-bond acceptors (Lipinski definition) is 4. The molecule has 0 radical (unpaired) electrons. The lowest BCUT2D eigenvalue weighted by Crippen LogP contribution is -2.45. The zero-order chi connectivity index (χ0) is 9.97. The SMILES string of the molecule is CN1CCOC[C@@H]1Cn1cc(N)cn1. The van der Waals surface area contributed by atoms with Crippen molar-refractivity contribution in [1.82, 2.24) is 14.7 Å². The summed E-state index contributed by atoms with van der Waals surface area (Å²) in [6.07, 6.45) is 3.52. The van der Waals surface area contributed by atoms with Crippen molar-refractivity contribution >= 4 is 5.69 Å². The van der Waals surface area contributed by atoms with Crippen molar-refractivity contribution in [3.8, 4) is 0 Å². The van der Waals surface area contributed by atoms with Crippen LogP contribution in [0.4, 0.5) is 5.69 Å². The Morgan fingerprint density at radius 2 is 2.57 bits per heavy atom. The summed E-state index contributed by atoms with van der Waals surface area (Å²) in [7, 11) is 2.11. The lowest BCUT2D eigenvalue weighted by Gasteiger charge is -2.32. The molecule has 1 aromatic rings. The summed E-state index contributed by atoms with van der Waals surface area (Å²) in [6, 6.07) is 0.406. The molecule has 1 atom stereocenters. The summed E-state index contributed by atoms with van der Waals surface area (Å²) in [5.74, 6) is 0. The molecule has 78 valence electrons. The zero-order valence-electron chi connectivity index (χ0n) is 8.39. The van der Waals surface area contributed by atoms with Gasteiger partial charge in [-0.05, 0) is 7.05 Å². The van der Waals surface area contributed by atoms with Gasteiger partial charge in [-0.2, -0.15) is 5.10 Å². The van der Waals surface area contributed by atoms with Crippen molar-refractivity contribution < 1.29 is 4.74 Å². The molecule has 0 aliphatic carbocycles. The van der Waals surface area contributed by atoms with Gasteiger partial charge in [-0.1, -0.05) is 0 Å². The van der Waals surface area contributed by atoms with Crippen molar-refractivity contribution in [3.63, 3.8) is 0 Å². The van der Waals surface area contributed by atoms with Crippen molar-refractivity contribution in [3.05, 3.63) is 12.4 Å². The molecule has 0 unspecified atom stereocenters. The van der Waals surface area contributed by atoms with Crippen LogP contribution in [0.15, 0.2) is 12.4 Å². The topological polar surface area (TPSA) is 56.3 Å². The predicted molar refractivity (Wildman–Crippen MR) is 53.9 cm³/mol. The van der Waals surface area contributed by atoms with Gasteiger partial charge in [-0.25, -0.2) is 0 Å². The highest BCUT2D eigenvalue weighted by molar-refractivity contribution is 5.30. The van der Waals surface area contributed by atoms with Crippen LogP contribution >= 0.6 is 0 Å². The van der Waals surface area contributed by atoms with E-state index in [0.29, 0.717) is 11.7 Å². The average molecular weight is 196 g/mol. The molecule has 0 amide bonds. The maximum absolute atomic E-state index is 5.59. The van der Waals surface area contributed by atoms with Crippen LogP contribution < -0.4 is 5.73 Å². The molecule has 1 saturated heterocycles. The molecule has 0 saturated carbocycles. The normalized spacial score (nSPS) is 23.9. The first kappa shape index (κ1) is 9.48. The highest BCUT2D eigenvalue weighted by atomic mass is 16.5. The monoisotopic (exact) mass is 196 g/mol. The van der Waals surface area contributed by atoms with E-state index in [0.717, 1.165) is 26.3 Å². The van der Waals surface area contributed by atoms with Gasteiger partial charge in [0.05, 0.1) is 37.7 Å². The quantitative estimate of drug-likeness (QED) is 0.711. The summed E-state index contributed by atoms with van der Waals surface area (Å²) < 4.78 is 7.28. The summed E-state index contributed by atoms with van der Waals surface area (Å²) in [5, 5.41) is 4.15. The summed E-state index contributed by atoms with van der Waals surface area (Å²) in [6.45, 7) is 3.43. The van der Waals surface area contributed by atoms with Gasteiger partial charge in [0.2, 0.25) is 0 Å². The highest BCUT2D eigenvalue weighted by Crippen LogP contribution is 2.07. The first-order chi connectivity index (χ1) is 6.75. The van der Waals surface area contributed by atoms with Crippen molar-refractivity contribution in [2.75, 3.05) is 32.5 Å². The van der Waals surface area contributed by atoms with Crippen LogP contribution in [0, 0.1) is 0 Å². The first-order valence-electron chi connectivity index (χ1n) is 4.81. The number of likely N-dealkylation sites (N-methyl/N-ethyl adjacent to an activating group) is 1. The van der Waals surface area contributed by atoms with E-state index >= 15 is 0 Å². The maximum Gasteiger partial charge on any atom is 0.0719 e. The number of aromatic nitrogens is 2. The Bertz CT molecular complexity index is 299. The molecule has 2 heterocycles. The number of ether oxygens (including phenoxy) is 1. The Morgan fingerprint density at radius 1 is 1.71 bits per heavy atom. The van der Waals surface area contributed by atoms with Crippen LogP contribution in [0.2, 0.25) is 0 Å². The first-order valence-corrected chi connectivity index (χ1v) is 4.81. The zero-order valence-corrected chi connectivity index (χ0v) is 8.39. The smallest absolute Gasteiger partial charge is 0.0719 e. The van der Waals surface area contributed by atoms with E-state index in [2.05, 4.69) is 17.0 Å². The van der Waals surface area contributed by atoms with Gasteiger partial charge in [0.1, 0.15) is 0 Å². The Morgan fingerprint density at radius 3 is 3.21 bits per heavy atom. The van der Waals surface area contributed by atoms with Crippen LogP contribution in [0.5, 0.6) is 0 Å². The van der Waals surface area contributed by atoms with E-state index < -0.39 is 0 Å². The highest BCUT2D eigenvalue weighted by Gasteiger charge is 2.19. The molecule has 1 aromatic heterocycles. The molecule has 2 N–H and O–H groups in total. The third-order valence-corrected chi connectivity index (χ3v) is 2.57. The largest absolute Gasteiger partial charge is 0.396 e. The second-order valence-corrected chi connectivity index (χ2v) is 3.71. The van der Waals surface area contributed by atoms with Crippen LogP contribution in [0.1, 0.15) is 0 Å². The van der Waals surface area contributed by atoms with Crippen molar-refractivity contribution in [2.24, 2.45) is 0 Å². The lowest BCUT2D eigenvalue weighted by molar-refractivity contribution is -0.00141. The number of nitrogen functional groups attached to an aromatic ring is 1. The average Bonchev–Trinajstić information content (AvgIpc) is 2.56. The molecular formula is C9H16N4O. The van der Waals surface area contributed by atoms with Crippen LogP contribution in [0.3, 0.4) is 0 Å². The standard InChI is InChI=1S/C9H16N4O/c1-12-2-3-14-7-9(12)6-13-5-8(10)4-11-13/h4-5,9H,2-3,6-7,10H2,1H3/t9-/m0/s1. The summed E-state index contributed by atoms with van der Waals surface area (Å²) in [4.78, 5) is 2.29. The van der Waals surface area contributed by atoms with E-state index in [4.69, 9.17) is 10.5 Å². The van der Waals surface area contributed by atoms with Crippen LogP contribution in [-0.2, 0) is 11.3 Å². The van der Waals surface area contributed by atoms with Crippen molar-refractivity contribution in [2.45, 2.75) is 12.6 Å². The Hall–Kier alpha value is -1.07. The van der Waals surface area contributed by atoms with Gasteiger partial charge in [0.25, 0.3) is 0 Å². The van der Waals surface area contributed by atoms with Gasteiger partial charge >= 0.3 is 0 Å². The maximum atomic E-state index is 5.59. The van der Waals surface area contributed by atoms with Gasteiger partial charge in [0, 0.05) is 12.7 Å². The lowest BCUT2D eigenvalue weighted by atomic mass is 10.2. The fourth-order valence-corrected chi connectivity index (χ4v) is 1.63. The minimum absolute atomic E-state index is 0.406. The number of morpholine rings is 1. The Labute approximate surface area is 83.4 Å². The molecule has 1 aliphatic heterocycles. The van der Waals surface area contributed by atoms with Gasteiger partial charge in [-0.15, -0.1) is 0 Å². The van der Waals surface area contributed by atoms with E-state index in [1.165, 1.54) is 0 Å². The van der Waals surface area contributed by atoms with E-state index in [1.54, 1.807) is 6.20 Å². The van der Waals surface area contributed by atoms with E-state index in [9.17, 15) is 0 Å². The third-order valence-electron chi connectivity index (χ3n) is 2.57. The number of nitrogens with zero attached hydrogens (tertiary/aromatic N) is 3. The molecule has 0 aromatic carbocycles. The predicted octanol–water partition coefficient (Wildman–Crippen LogP) is -0.204. The molecule has 0 bridgehead atoms. The van der Waals surface area contributed by atoms with Gasteiger partial charge in [-0.3, -0.25) is 9.58 Å². The molecule has 5 heteroatoms. The van der Waals surface area contributed by atoms with Crippen molar-refractivity contribution in [1.29, 1.82) is 0 Å². The minimum Gasteiger partial charge on any atom is -0.396 e. The molecule has 5 nitrogen and oxygen atoms in total.